The molecule has 0 spiro atoms. The Labute approximate surface area is 261 Å². The number of fused-ring (bicyclic) bond motifs is 1. The van der Waals surface area contributed by atoms with Gasteiger partial charge in [0.05, 0.1) is 24.6 Å². The number of anilines is 1. The Morgan fingerprint density at radius 3 is 2.20 bits per heavy atom. The van der Waals surface area contributed by atoms with Gasteiger partial charge < -0.3 is 10.1 Å². The molecule has 44 heavy (non-hydrogen) atoms. The number of benzene rings is 3. The number of amides is 1. The summed E-state index contributed by atoms with van der Waals surface area (Å²) < 4.78 is 29.8. The smallest absolute Gasteiger partial charge is 0.328 e. The highest BCUT2D eigenvalue weighted by Gasteiger charge is 2.31. The van der Waals surface area contributed by atoms with Crippen LogP contribution in [0.3, 0.4) is 0 Å². The fourth-order valence-corrected chi connectivity index (χ4v) is 5.80. The number of hydrogen-bond acceptors (Lipinski definition) is 6. The van der Waals surface area contributed by atoms with Gasteiger partial charge >= 0.3 is 5.97 Å². The van der Waals surface area contributed by atoms with Crippen molar-refractivity contribution >= 4 is 39.9 Å². The first kappa shape index (κ1) is 32.8. The number of aromatic nitrogens is 1. The van der Waals surface area contributed by atoms with Gasteiger partial charge in [-0.05, 0) is 54.9 Å². The molecule has 2 N–H and O–H groups in total. The van der Waals surface area contributed by atoms with E-state index in [0.717, 1.165) is 30.6 Å². The zero-order valence-electron chi connectivity index (χ0n) is 25.4. The van der Waals surface area contributed by atoms with Gasteiger partial charge in [-0.25, -0.2) is 18.3 Å². The topological polar surface area (TPSA) is 112 Å². The van der Waals surface area contributed by atoms with Crippen LogP contribution in [0.1, 0.15) is 49.9 Å². The number of pyridine rings is 1. The Bertz CT molecular complexity index is 1550. The van der Waals surface area contributed by atoms with Crippen LogP contribution in [0.2, 0.25) is 0 Å². The lowest BCUT2D eigenvalue weighted by atomic mass is 10.0. The molecule has 0 bridgehead atoms. The molecule has 4 rings (SSSR count). The standard InChI is InChI=1S/C34H40N4O5S/c1-4-37(5-2)24-26-18-16-25(17-19-26)22-30(34(40)43-6-3)36-33(39)23-31(28-13-8-7-9-14-28)38(44(41)42)32-21-20-27-12-10-11-15-29(27)35-32/h7-21,30-31H,4-6,22-24H2,1-3H3,(H,36,39)(H,41,42). The summed E-state index contributed by atoms with van der Waals surface area (Å²) in [5, 5.41) is 3.72. The van der Waals surface area contributed by atoms with Gasteiger partial charge in [0.25, 0.3) is 11.3 Å². The Morgan fingerprint density at radius 2 is 1.55 bits per heavy atom. The van der Waals surface area contributed by atoms with Gasteiger partial charge in [0.15, 0.2) is 0 Å². The van der Waals surface area contributed by atoms with Crippen LogP contribution >= 0.6 is 0 Å². The predicted molar refractivity (Wildman–Crippen MR) is 174 cm³/mol. The van der Waals surface area contributed by atoms with Crippen molar-refractivity contribution < 1.29 is 23.1 Å². The maximum Gasteiger partial charge on any atom is 0.328 e. The number of hydrogen-bond donors (Lipinski definition) is 2. The molecule has 3 unspecified atom stereocenters. The average Bonchev–Trinajstić information content (AvgIpc) is 3.04. The highest BCUT2D eigenvalue weighted by Crippen LogP contribution is 2.31. The normalized spacial score (nSPS) is 13.3. The summed E-state index contributed by atoms with van der Waals surface area (Å²) in [6, 6.07) is 26.2. The first-order valence-corrected chi connectivity index (χ1v) is 16.0. The van der Waals surface area contributed by atoms with Gasteiger partial charge in [-0.1, -0.05) is 86.6 Å². The van der Waals surface area contributed by atoms with E-state index in [1.807, 2.05) is 60.7 Å². The second-order valence-corrected chi connectivity index (χ2v) is 11.3. The summed E-state index contributed by atoms with van der Waals surface area (Å²) in [6.07, 6.45) is 0.0392. The Balaban J connectivity index is 1.57. The number of para-hydroxylation sites is 1. The minimum Gasteiger partial charge on any atom is -0.464 e. The van der Waals surface area contributed by atoms with Gasteiger partial charge in [0, 0.05) is 18.4 Å². The maximum atomic E-state index is 13.6. The molecular formula is C34H40N4O5S. The molecule has 0 radical (unpaired) electrons. The number of ether oxygens (including phenoxy) is 1. The molecule has 0 aliphatic carbocycles. The van der Waals surface area contributed by atoms with Crippen LogP contribution in [0.15, 0.2) is 91.0 Å². The summed E-state index contributed by atoms with van der Waals surface area (Å²) in [5.41, 5.74) is 3.35. The van der Waals surface area contributed by atoms with E-state index in [1.165, 1.54) is 9.87 Å². The fourth-order valence-electron chi connectivity index (χ4n) is 5.12. The van der Waals surface area contributed by atoms with Gasteiger partial charge in [-0.2, -0.15) is 0 Å². The van der Waals surface area contributed by atoms with Crippen molar-refractivity contribution in [3.8, 4) is 0 Å². The van der Waals surface area contributed by atoms with Crippen LogP contribution in [0.25, 0.3) is 10.9 Å². The van der Waals surface area contributed by atoms with E-state index in [1.54, 1.807) is 37.3 Å². The van der Waals surface area contributed by atoms with E-state index in [0.29, 0.717) is 11.1 Å². The van der Waals surface area contributed by atoms with Crippen LogP contribution < -0.4 is 9.62 Å². The SMILES string of the molecule is CCOC(=O)C(Cc1ccc(CN(CC)CC)cc1)NC(=O)CC(c1ccccc1)N(c1ccc2ccccc2n1)S(=O)O. The van der Waals surface area contributed by atoms with Gasteiger partial charge in [0.2, 0.25) is 5.91 Å². The molecule has 232 valence electrons. The molecule has 3 aromatic carbocycles. The highest BCUT2D eigenvalue weighted by atomic mass is 32.2. The van der Waals surface area contributed by atoms with Crippen molar-refractivity contribution in [2.24, 2.45) is 0 Å². The molecule has 1 amide bonds. The second-order valence-electron chi connectivity index (χ2n) is 10.4. The number of rotatable bonds is 15. The molecular weight excluding hydrogens is 576 g/mol. The first-order chi connectivity index (χ1) is 21.3. The summed E-state index contributed by atoms with van der Waals surface area (Å²) in [6.45, 7) is 8.89. The lowest BCUT2D eigenvalue weighted by molar-refractivity contribution is -0.147. The van der Waals surface area contributed by atoms with E-state index in [-0.39, 0.29) is 25.3 Å². The molecule has 3 atom stereocenters. The number of nitrogens with one attached hydrogen (secondary N) is 1. The first-order valence-electron chi connectivity index (χ1n) is 14.9. The molecule has 0 fully saturated rings. The number of carbonyl (C=O) groups excluding carboxylic acids is 2. The van der Waals surface area contributed by atoms with Gasteiger partial charge in [-0.15, -0.1) is 0 Å². The Hall–Kier alpha value is -4.12. The Kier molecular flexibility index (Phi) is 12.0. The van der Waals surface area contributed by atoms with Crippen molar-refractivity contribution in [3.05, 3.63) is 108 Å². The maximum absolute atomic E-state index is 13.6. The minimum atomic E-state index is -2.51. The Morgan fingerprint density at radius 1 is 0.886 bits per heavy atom. The molecule has 0 aliphatic heterocycles. The van der Waals surface area contributed by atoms with Crippen molar-refractivity contribution in [2.45, 2.75) is 52.2 Å². The molecule has 10 heteroatoms. The summed E-state index contributed by atoms with van der Waals surface area (Å²) in [4.78, 5) is 33.5. The van der Waals surface area contributed by atoms with Crippen molar-refractivity contribution in [2.75, 3.05) is 24.0 Å². The third-order valence-corrected chi connectivity index (χ3v) is 8.27. The number of esters is 1. The average molecular weight is 617 g/mol. The lowest BCUT2D eigenvalue weighted by Crippen LogP contribution is -2.45. The molecule has 1 heterocycles. The summed E-state index contributed by atoms with van der Waals surface area (Å²) in [7, 11) is 0. The van der Waals surface area contributed by atoms with E-state index >= 15 is 0 Å². The van der Waals surface area contributed by atoms with E-state index in [9.17, 15) is 18.4 Å². The van der Waals surface area contributed by atoms with E-state index in [4.69, 9.17) is 4.74 Å². The number of nitrogens with zero attached hydrogens (tertiary/aromatic N) is 3. The zero-order valence-corrected chi connectivity index (χ0v) is 26.2. The largest absolute Gasteiger partial charge is 0.464 e. The van der Waals surface area contributed by atoms with Crippen LogP contribution in [0.4, 0.5) is 5.82 Å². The van der Waals surface area contributed by atoms with Gasteiger partial charge in [0.1, 0.15) is 11.9 Å². The summed E-state index contributed by atoms with van der Waals surface area (Å²) >= 11 is -2.51. The van der Waals surface area contributed by atoms with Crippen LogP contribution in [-0.2, 0) is 38.6 Å². The monoisotopic (exact) mass is 616 g/mol. The van der Waals surface area contributed by atoms with E-state index in [2.05, 4.69) is 29.0 Å². The quantitative estimate of drug-likeness (QED) is 0.135. The highest BCUT2D eigenvalue weighted by molar-refractivity contribution is 7.80. The number of carbonyl (C=O) groups is 2. The van der Waals surface area contributed by atoms with Crippen molar-refractivity contribution in [3.63, 3.8) is 0 Å². The van der Waals surface area contributed by atoms with E-state index < -0.39 is 35.2 Å². The third-order valence-electron chi connectivity index (χ3n) is 7.49. The molecule has 0 saturated carbocycles. The molecule has 0 saturated heterocycles. The summed E-state index contributed by atoms with van der Waals surface area (Å²) in [5.74, 6) is -0.757. The van der Waals surface area contributed by atoms with Crippen molar-refractivity contribution in [1.82, 2.24) is 15.2 Å². The zero-order chi connectivity index (χ0) is 31.5. The fraction of sp³-hybridized carbons (Fsp3) is 0.324. The molecule has 9 nitrogen and oxygen atoms in total. The third kappa shape index (κ3) is 8.72. The van der Waals surface area contributed by atoms with Crippen LogP contribution in [0.5, 0.6) is 0 Å². The van der Waals surface area contributed by atoms with Gasteiger partial charge in [-0.3, -0.25) is 14.2 Å². The molecule has 0 aliphatic rings. The lowest BCUT2D eigenvalue weighted by Gasteiger charge is -2.30. The predicted octanol–water partition coefficient (Wildman–Crippen LogP) is 5.44. The second kappa shape index (κ2) is 16.1. The molecule has 1 aromatic heterocycles. The minimum absolute atomic E-state index is 0.172. The van der Waals surface area contributed by atoms with Crippen LogP contribution in [0, 0.1) is 0 Å². The molecule has 4 aromatic rings. The van der Waals surface area contributed by atoms with Crippen LogP contribution in [-0.4, -0.2) is 56.3 Å². The van der Waals surface area contributed by atoms with Crippen molar-refractivity contribution in [1.29, 1.82) is 0 Å².